The molecule has 0 aromatic rings. The fourth-order valence-corrected chi connectivity index (χ4v) is 4.97. The zero-order valence-corrected chi connectivity index (χ0v) is 24.2. The van der Waals surface area contributed by atoms with Gasteiger partial charge in [0.15, 0.2) is 5.78 Å². The number of hydrogen-bond donors (Lipinski definition) is 1. The highest BCUT2D eigenvalue weighted by Crippen LogP contribution is 2.15. The van der Waals surface area contributed by atoms with E-state index in [-0.39, 0.29) is 5.78 Å². The van der Waals surface area contributed by atoms with Gasteiger partial charge in [0.1, 0.15) is 0 Å². The number of hydrogen-bond acceptors (Lipinski definition) is 2. The summed E-state index contributed by atoms with van der Waals surface area (Å²) in [5, 5.41) is 10.0. The van der Waals surface area contributed by atoms with Gasteiger partial charge in [-0.3, -0.25) is 4.79 Å². The van der Waals surface area contributed by atoms with Crippen LogP contribution in [0.25, 0.3) is 0 Å². The predicted molar refractivity (Wildman–Crippen MR) is 156 cm³/mol. The van der Waals surface area contributed by atoms with E-state index in [1.54, 1.807) is 0 Å². The third-order valence-corrected chi connectivity index (χ3v) is 7.39. The minimum Gasteiger partial charge on any atom is -0.512 e. The lowest BCUT2D eigenvalue weighted by Gasteiger charge is -2.04. The van der Waals surface area contributed by atoms with Crippen molar-refractivity contribution < 1.29 is 9.90 Å². The van der Waals surface area contributed by atoms with E-state index >= 15 is 0 Å². The van der Waals surface area contributed by atoms with Gasteiger partial charge in [-0.05, 0) is 12.8 Å². The second-order valence-corrected chi connectivity index (χ2v) is 11.1. The van der Waals surface area contributed by atoms with E-state index in [1.165, 1.54) is 154 Å². The van der Waals surface area contributed by atoms with Gasteiger partial charge in [-0.2, -0.15) is 0 Å². The number of rotatable bonds is 29. The van der Waals surface area contributed by atoms with Gasteiger partial charge < -0.3 is 5.11 Å². The average molecular weight is 493 g/mol. The second kappa shape index (κ2) is 29.4. The summed E-state index contributed by atoms with van der Waals surface area (Å²) in [6.45, 7) is 4.55. The van der Waals surface area contributed by atoms with Crippen LogP contribution in [0.3, 0.4) is 0 Å². The van der Waals surface area contributed by atoms with Crippen LogP contribution in [0.5, 0.6) is 0 Å². The summed E-state index contributed by atoms with van der Waals surface area (Å²) >= 11 is 0. The summed E-state index contributed by atoms with van der Waals surface area (Å²) in [6.07, 6.45) is 37.3. The molecule has 0 aliphatic heterocycles. The summed E-state index contributed by atoms with van der Waals surface area (Å²) in [7, 11) is 0. The minimum atomic E-state index is 0.111. The number of aliphatic hydroxyl groups is 1. The summed E-state index contributed by atoms with van der Waals surface area (Å²) in [4.78, 5) is 12.1. The number of aliphatic hydroxyl groups excluding tert-OH is 1. The molecule has 208 valence electrons. The fourth-order valence-electron chi connectivity index (χ4n) is 4.97. The molecule has 0 aliphatic rings. The first-order chi connectivity index (χ1) is 17.2. The Morgan fingerprint density at radius 1 is 0.429 bits per heavy atom. The molecule has 0 rings (SSSR count). The lowest BCUT2D eigenvalue weighted by atomic mass is 10.0. The van der Waals surface area contributed by atoms with E-state index in [9.17, 15) is 9.90 Å². The number of allylic oxidation sites excluding steroid dienone is 2. The van der Waals surface area contributed by atoms with Crippen molar-refractivity contribution in [3.05, 3.63) is 11.8 Å². The number of unbranched alkanes of at least 4 members (excludes halogenated alkanes) is 24. The van der Waals surface area contributed by atoms with Crippen LogP contribution in [-0.2, 0) is 4.79 Å². The first kappa shape index (κ1) is 34.2. The van der Waals surface area contributed by atoms with Crippen LogP contribution in [0.4, 0.5) is 0 Å². The van der Waals surface area contributed by atoms with Gasteiger partial charge in [-0.25, -0.2) is 0 Å². The Morgan fingerprint density at radius 2 is 0.686 bits per heavy atom. The molecule has 0 spiro atoms. The van der Waals surface area contributed by atoms with Crippen molar-refractivity contribution in [3.8, 4) is 0 Å². The summed E-state index contributed by atoms with van der Waals surface area (Å²) in [5.41, 5.74) is 0. The molecule has 2 nitrogen and oxygen atoms in total. The van der Waals surface area contributed by atoms with E-state index in [2.05, 4.69) is 13.8 Å². The zero-order valence-electron chi connectivity index (χ0n) is 24.2. The molecular weight excluding hydrogens is 428 g/mol. The van der Waals surface area contributed by atoms with Crippen LogP contribution in [0.15, 0.2) is 11.8 Å². The largest absolute Gasteiger partial charge is 0.512 e. The van der Waals surface area contributed by atoms with Gasteiger partial charge in [-0.15, -0.1) is 0 Å². The van der Waals surface area contributed by atoms with Crippen molar-refractivity contribution in [1.29, 1.82) is 0 Å². The first-order valence-corrected chi connectivity index (χ1v) is 16.1. The number of carbonyl (C=O) groups is 1. The van der Waals surface area contributed by atoms with Crippen molar-refractivity contribution in [2.24, 2.45) is 0 Å². The van der Waals surface area contributed by atoms with Gasteiger partial charge in [0, 0.05) is 18.9 Å². The number of ketones is 1. The number of carbonyl (C=O) groups excluding carboxylic acids is 1. The molecule has 0 unspecified atom stereocenters. The Hall–Kier alpha value is -0.790. The normalized spacial score (nSPS) is 11.9. The second-order valence-electron chi connectivity index (χ2n) is 11.1. The van der Waals surface area contributed by atoms with Crippen molar-refractivity contribution in [1.82, 2.24) is 0 Å². The topological polar surface area (TPSA) is 37.3 Å². The zero-order chi connectivity index (χ0) is 25.7. The molecule has 1 N–H and O–H groups in total. The monoisotopic (exact) mass is 492 g/mol. The highest BCUT2D eigenvalue weighted by Gasteiger charge is 2.02. The van der Waals surface area contributed by atoms with Crippen LogP contribution >= 0.6 is 0 Å². The van der Waals surface area contributed by atoms with E-state index < -0.39 is 0 Å². The lowest BCUT2D eigenvalue weighted by Crippen LogP contribution is -1.96. The van der Waals surface area contributed by atoms with E-state index in [4.69, 9.17) is 0 Å². The fraction of sp³-hybridized carbons (Fsp3) is 0.909. The van der Waals surface area contributed by atoms with Gasteiger partial charge in [-0.1, -0.05) is 168 Å². The highest BCUT2D eigenvalue weighted by molar-refractivity contribution is 5.89. The standard InChI is InChI=1S/C33H64O2/c1-3-5-7-9-11-13-15-17-19-21-23-25-27-29-32(34)31-33(35)30-28-26-24-22-20-18-16-14-12-10-8-6-4-2/h31,34H,3-30H2,1-2H3/b32-31-. The molecular formula is C33H64O2. The SMILES string of the molecule is CCCCCCCCCCCCCCCC(=O)/C=C(\O)CCCCCCCCCCCCCCC. The van der Waals surface area contributed by atoms with Crippen LogP contribution < -0.4 is 0 Å². The third-order valence-electron chi connectivity index (χ3n) is 7.39. The molecule has 0 amide bonds. The highest BCUT2D eigenvalue weighted by atomic mass is 16.3. The van der Waals surface area contributed by atoms with Crippen LogP contribution in [0, 0.1) is 0 Å². The molecule has 35 heavy (non-hydrogen) atoms. The molecule has 0 aliphatic carbocycles. The van der Waals surface area contributed by atoms with Gasteiger partial charge >= 0.3 is 0 Å². The maximum absolute atomic E-state index is 12.1. The van der Waals surface area contributed by atoms with Crippen molar-refractivity contribution in [2.45, 2.75) is 194 Å². The Morgan fingerprint density at radius 3 is 1.00 bits per heavy atom. The Kier molecular flexibility index (Phi) is 28.8. The molecule has 0 saturated carbocycles. The lowest BCUT2D eigenvalue weighted by molar-refractivity contribution is -0.114. The quantitative estimate of drug-likeness (QED) is 0.0640. The molecule has 0 saturated heterocycles. The van der Waals surface area contributed by atoms with Crippen LogP contribution in [0.2, 0.25) is 0 Å². The predicted octanol–water partition coefficient (Wildman–Crippen LogP) is 12.0. The molecule has 0 aromatic heterocycles. The maximum atomic E-state index is 12.1. The molecule has 0 radical (unpaired) electrons. The molecule has 0 atom stereocenters. The molecule has 0 heterocycles. The van der Waals surface area contributed by atoms with E-state index in [0.717, 1.165) is 19.3 Å². The van der Waals surface area contributed by atoms with Crippen LogP contribution in [-0.4, -0.2) is 10.9 Å². The summed E-state index contributed by atoms with van der Waals surface area (Å²) in [5.74, 6) is 0.410. The van der Waals surface area contributed by atoms with E-state index in [0.29, 0.717) is 18.6 Å². The van der Waals surface area contributed by atoms with E-state index in [1.807, 2.05) is 0 Å². The van der Waals surface area contributed by atoms with Gasteiger partial charge in [0.2, 0.25) is 0 Å². The molecule has 0 aromatic carbocycles. The average Bonchev–Trinajstić information content (AvgIpc) is 2.85. The Labute approximate surface area is 221 Å². The Balaban J connectivity index is 3.37. The summed E-state index contributed by atoms with van der Waals surface area (Å²) < 4.78 is 0. The maximum Gasteiger partial charge on any atom is 0.159 e. The van der Waals surface area contributed by atoms with Crippen molar-refractivity contribution in [3.63, 3.8) is 0 Å². The Bertz CT molecular complexity index is 454. The smallest absolute Gasteiger partial charge is 0.159 e. The minimum absolute atomic E-state index is 0.111. The van der Waals surface area contributed by atoms with Crippen molar-refractivity contribution in [2.75, 3.05) is 0 Å². The van der Waals surface area contributed by atoms with Gasteiger partial charge in [0.05, 0.1) is 5.76 Å². The first-order valence-electron chi connectivity index (χ1n) is 16.1. The van der Waals surface area contributed by atoms with Crippen molar-refractivity contribution >= 4 is 5.78 Å². The molecule has 2 heteroatoms. The van der Waals surface area contributed by atoms with Gasteiger partial charge in [0.25, 0.3) is 0 Å². The summed E-state index contributed by atoms with van der Waals surface area (Å²) in [6, 6.07) is 0. The molecule has 0 bridgehead atoms. The van der Waals surface area contributed by atoms with Crippen LogP contribution in [0.1, 0.15) is 194 Å². The third kappa shape index (κ3) is 29.3. The molecule has 0 fully saturated rings.